The van der Waals surface area contributed by atoms with Gasteiger partial charge in [0.2, 0.25) is 0 Å². The lowest BCUT2D eigenvalue weighted by atomic mass is 10.2. The fourth-order valence-electron chi connectivity index (χ4n) is 2.27. The van der Waals surface area contributed by atoms with Crippen LogP contribution in [0.4, 0.5) is 0 Å². The summed E-state index contributed by atoms with van der Waals surface area (Å²) < 4.78 is 11.7. The van der Waals surface area contributed by atoms with Crippen molar-refractivity contribution >= 4 is 18.9 Å². The summed E-state index contributed by atoms with van der Waals surface area (Å²) in [5.74, 6) is 0. The van der Waals surface area contributed by atoms with Crippen molar-refractivity contribution in [3.63, 3.8) is 0 Å². The average molecular weight is 272 g/mol. The summed E-state index contributed by atoms with van der Waals surface area (Å²) in [7, 11) is 0.922. The lowest BCUT2D eigenvalue weighted by Gasteiger charge is -2.28. The van der Waals surface area contributed by atoms with Gasteiger partial charge in [-0.2, -0.15) is 0 Å². The molecule has 0 saturated carbocycles. The van der Waals surface area contributed by atoms with E-state index < -0.39 is 8.56 Å². The van der Waals surface area contributed by atoms with Crippen LogP contribution in [0.5, 0.6) is 0 Å². The summed E-state index contributed by atoms with van der Waals surface area (Å²) in [4.78, 5) is 0. The molecule has 0 unspecified atom stereocenters. The molecule has 0 aliphatic carbocycles. The number of benzene rings is 2. The molecule has 0 N–H and O–H groups in total. The van der Waals surface area contributed by atoms with Crippen LogP contribution in [0, 0.1) is 13.8 Å². The van der Waals surface area contributed by atoms with Gasteiger partial charge in [-0.25, -0.2) is 0 Å². The zero-order chi connectivity index (χ0) is 13.9. The highest BCUT2D eigenvalue weighted by atomic mass is 28.4. The van der Waals surface area contributed by atoms with Gasteiger partial charge in [0.05, 0.1) is 0 Å². The van der Waals surface area contributed by atoms with Gasteiger partial charge in [0, 0.05) is 14.2 Å². The SMILES string of the molecule is CO[Si](OC)(c1ccc(C)cc1)c1ccc(C)cc1. The highest BCUT2D eigenvalue weighted by molar-refractivity contribution is 6.92. The van der Waals surface area contributed by atoms with E-state index in [1.165, 1.54) is 11.1 Å². The Hall–Kier alpha value is -1.42. The summed E-state index contributed by atoms with van der Waals surface area (Å²) in [5, 5.41) is 2.26. The Morgan fingerprint density at radius 1 is 0.632 bits per heavy atom. The Bertz CT molecular complexity index is 480. The molecule has 0 radical (unpaired) electrons. The second-order valence-corrected chi connectivity index (χ2v) is 7.96. The molecular weight excluding hydrogens is 252 g/mol. The molecule has 2 rings (SSSR count). The van der Waals surface area contributed by atoms with E-state index in [1.54, 1.807) is 14.2 Å². The van der Waals surface area contributed by atoms with Crippen molar-refractivity contribution in [3.8, 4) is 0 Å². The summed E-state index contributed by atoms with van der Waals surface area (Å²) in [6, 6.07) is 16.8. The highest BCUT2D eigenvalue weighted by Crippen LogP contribution is 2.09. The maximum atomic E-state index is 5.86. The van der Waals surface area contributed by atoms with Crippen LogP contribution in [0.3, 0.4) is 0 Å². The van der Waals surface area contributed by atoms with Crippen molar-refractivity contribution in [2.45, 2.75) is 13.8 Å². The fraction of sp³-hybridized carbons (Fsp3) is 0.250. The maximum Gasteiger partial charge on any atom is 0.406 e. The largest absolute Gasteiger partial charge is 0.406 e. The van der Waals surface area contributed by atoms with Gasteiger partial charge < -0.3 is 8.85 Å². The van der Waals surface area contributed by atoms with Crippen LogP contribution in [0.25, 0.3) is 0 Å². The number of aryl methyl sites for hydroxylation is 2. The minimum atomic E-state index is -2.54. The van der Waals surface area contributed by atoms with E-state index in [0.717, 1.165) is 10.4 Å². The van der Waals surface area contributed by atoms with Crippen LogP contribution in [-0.2, 0) is 8.85 Å². The van der Waals surface area contributed by atoms with E-state index in [2.05, 4.69) is 62.4 Å². The zero-order valence-corrected chi connectivity index (χ0v) is 12.9. The number of hydrogen-bond donors (Lipinski definition) is 0. The molecule has 0 heterocycles. The Balaban J connectivity index is 2.53. The quantitative estimate of drug-likeness (QED) is 0.794. The molecule has 0 aliphatic rings. The van der Waals surface area contributed by atoms with Crippen molar-refractivity contribution in [1.29, 1.82) is 0 Å². The second-order valence-electron chi connectivity index (χ2n) is 4.76. The maximum absolute atomic E-state index is 5.86. The Morgan fingerprint density at radius 3 is 1.21 bits per heavy atom. The summed E-state index contributed by atoms with van der Waals surface area (Å²) in [6.07, 6.45) is 0. The third-order valence-corrected chi connectivity index (χ3v) is 6.77. The molecule has 0 amide bonds. The first-order valence-electron chi connectivity index (χ1n) is 6.37. The first-order chi connectivity index (χ1) is 9.12. The van der Waals surface area contributed by atoms with E-state index in [4.69, 9.17) is 8.85 Å². The minimum absolute atomic E-state index is 1.13. The van der Waals surface area contributed by atoms with Crippen LogP contribution < -0.4 is 10.4 Å². The molecule has 0 aromatic heterocycles. The van der Waals surface area contributed by atoms with Gasteiger partial charge in [0.1, 0.15) is 0 Å². The molecule has 0 bridgehead atoms. The van der Waals surface area contributed by atoms with Crippen molar-refractivity contribution in [2.75, 3.05) is 14.2 Å². The molecule has 3 heteroatoms. The third-order valence-electron chi connectivity index (χ3n) is 3.44. The molecule has 2 aromatic rings. The van der Waals surface area contributed by atoms with E-state index >= 15 is 0 Å². The predicted octanol–water partition coefficient (Wildman–Crippen LogP) is 2.15. The standard InChI is InChI=1S/C16H20O2Si/c1-13-5-9-15(10-6-13)19(17-3,18-4)16-11-7-14(2)8-12-16/h5-12H,1-4H3. The Morgan fingerprint density at radius 2 is 0.947 bits per heavy atom. The number of hydrogen-bond acceptors (Lipinski definition) is 2. The number of rotatable bonds is 4. The van der Waals surface area contributed by atoms with Gasteiger partial charge >= 0.3 is 8.56 Å². The molecule has 0 fully saturated rings. The molecule has 2 aromatic carbocycles. The first-order valence-corrected chi connectivity index (χ1v) is 8.18. The van der Waals surface area contributed by atoms with Gasteiger partial charge in [-0.15, -0.1) is 0 Å². The molecule has 2 nitrogen and oxygen atoms in total. The third kappa shape index (κ3) is 2.63. The zero-order valence-electron chi connectivity index (χ0n) is 11.9. The lowest BCUT2D eigenvalue weighted by Crippen LogP contribution is -2.62. The molecule has 19 heavy (non-hydrogen) atoms. The molecule has 0 spiro atoms. The van der Waals surface area contributed by atoms with Crippen molar-refractivity contribution in [3.05, 3.63) is 59.7 Å². The van der Waals surface area contributed by atoms with Crippen molar-refractivity contribution in [1.82, 2.24) is 0 Å². The van der Waals surface area contributed by atoms with Gasteiger partial charge in [0.25, 0.3) is 0 Å². The fourth-order valence-corrected chi connectivity index (χ4v) is 4.92. The average Bonchev–Trinajstić information content (AvgIpc) is 2.44. The normalized spacial score (nSPS) is 11.6. The molecule has 0 saturated heterocycles. The van der Waals surface area contributed by atoms with E-state index in [-0.39, 0.29) is 0 Å². The topological polar surface area (TPSA) is 18.5 Å². The van der Waals surface area contributed by atoms with E-state index in [9.17, 15) is 0 Å². The van der Waals surface area contributed by atoms with E-state index in [0.29, 0.717) is 0 Å². The van der Waals surface area contributed by atoms with Crippen LogP contribution in [0.1, 0.15) is 11.1 Å². The Kier molecular flexibility index (Phi) is 4.19. The van der Waals surface area contributed by atoms with Crippen molar-refractivity contribution < 1.29 is 8.85 Å². The first kappa shape index (κ1) is 14.0. The smallest absolute Gasteiger partial charge is 0.391 e. The summed E-state index contributed by atoms with van der Waals surface area (Å²) in [6.45, 7) is 4.16. The summed E-state index contributed by atoms with van der Waals surface area (Å²) in [5.41, 5.74) is 2.48. The van der Waals surface area contributed by atoms with Crippen LogP contribution >= 0.6 is 0 Å². The molecule has 0 atom stereocenters. The van der Waals surface area contributed by atoms with Gasteiger partial charge in [-0.3, -0.25) is 0 Å². The highest BCUT2D eigenvalue weighted by Gasteiger charge is 2.40. The van der Waals surface area contributed by atoms with Gasteiger partial charge in [-0.05, 0) is 24.2 Å². The monoisotopic (exact) mass is 272 g/mol. The van der Waals surface area contributed by atoms with Gasteiger partial charge in [0.15, 0.2) is 0 Å². The lowest BCUT2D eigenvalue weighted by molar-refractivity contribution is 0.272. The van der Waals surface area contributed by atoms with Crippen LogP contribution in [-0.4, -0.2) is 22.8 Å². The second kappa shape index (κ2) is 5.69. The predicted molar refractivity (Wildman–Crippen MR) is 81.4 cm³/mol. The summed E-state index contributed by atoms with van der Waals surface area (Å²) >= 11 is 0. The minimum Gasteiger partial charge on any atom is -0.391 e. The molecular formula is C16H20O2Si. The van der Waals surface area contributed by atoms with Crippen LogP contribution in [0.2, 0.25) is 0 Å². The molecule has 100 valence electrons. The molecule has 0 aliphatic heterocycles. The Labute approximate surface area is 116 Å². The van der Waals surface area contributed by atoms with Crippen LogP contribution in [0.15, 0.2) is 48.5 Å². The van der Waals surface area contributed by atoms with Gasteiger partial charge in [-0.1, -0.05) is 59.7 Å². The van der Waals surface area contributed by atoms with Crippen molar-refractivity contribution in [2.24, 2.45) is 0 Å². The van der Waals surface area contributed by atoms with E-state index in [1.807, 2.05) is 0 Å².